The van der Waals surface area contributed by atoms with Gasteiger partial charge in [0.1, 0.15) is 0 Å². The second-order valence-corrected chi connectivity index (χ2v) is 2.39. The lowest BCUT2D eigenvalue weighted by atomic mass is 10.2. The van der Waals surface area contributed by atoms with Crippen LogP contribution in [0, 0.1) is 0 Å². The maximum absolute atomic E-state index is 5.37. The molecule has 0 aliphatic rings. The van der Waals surface area contributed by atoms with Gasteiger partial charge in [-0.1, -0.05) is 19.6 Å². The molecule has 1 rings (SSSR count). The molecule has 1 aromatic carbocycles. The van der Waals surface area contributed by atoms with Crippen molar-refractivity contribution in [1.29, 1.82) is 0 Å². The summed E-state index contributed by atoms with van der Waals surface area (Å²) in [5, 5.41) is 0. The van der Waals surface area contributed by atoms with Crippen LogP contribution >= 0.6 is 12.6 Å². The second-order valence-electron chi connectivity index (χ2n) is 1.87. The lowest BCUT2D eigenvalue weighted by molar-refractivity contribution is 0.824. The molecule has 0 radical (unpaired) electrons. The number of hydrogen-bond donors (Lipinski definition) is 2. The molecule has 0 atom stereocenters. The molecule has 0 amide bonds. The summed E-state index contributed by atoms with van der Waals surface area (Å²) in [7, 11) is 0. The largest absolute Gasteiger partial charge is 0.412 e. The zero-order valence-electron chi connectivity index (χ0n) is 5.54. The van der Waals surface area contributed by atoms with E-state index in [1.165, 1.54) is 0 Å². The molecule has 0 fully saturated rings. The zero-order chi connectivity index (χ0) is 6.69. The van der Waals surface area contributed by atoms with Crippen molar-refractivity contribution >= 4 is 12.6 Å². The molecular formula is C8H17NOS. The van der Waals surface area contributed by atoms with Crippen molar-refractivity contribution in [3.8, 4) is 0 Å². The van der Waals surface area contributed by atoms with E-state index >= 15 is 0 Å². The van der Waals surface area contributed by atoms with Gasteiger partial charge in [0.15, 0.2) is 0 Å². The molecular weight excluding hydrogens is 158 g/mol. The molecule has 0 unspecified atom stereocenters. The molecule has 3 heteroatoms. The first-order valence-corrected chi connectivity index (χ1v) is 3.25. The van der Waals surface area contributed by atoms with Crippen molar-refractivity contribution in [2.75, 3.05) is 0 Å². The van der Waals surface area contributed by atoms with Gasteiger partial charge in [0, 0.05) is 12.9 Å². The zero-order valence-corrected chi connectivity index (χ0v) is 6.44. The first kappa shape index (κ1) is 13.1. The van der Waals surface area contributed by atoms with E-state index in [0.717, 1.165) is 10.5 Å². The van der Waals surface area contributed by atoms with Gasteiger partial charge in [0.05, 0.1) is 0 Å². The minimum Gasteiger partial charge on any atom is -0.412 e. The molecule has 0 bridgehead atoms. The highest BCUT2D eigenvalue weighted by Gasteiger charge is 1.85. The van der Waals surface area contributed by atoms with Gasteiger partial charge in [-0.25, -0.2) is 0 Å². The standard InChI is InChI=1S/C7H9NS.CH4.H2O.H2/c8-5-6-1-3-7(9)4-2-6;;;/h1-4,9H,5,8H2;1H4;1H2;1H. The van der Waals surface area contributed by atoms with Crippen molar-refractivity contribution in [1.82, 2.24) is 0 Å². The second kappa shape index (κ2) is 6.22. The molecule has 1 aromatic rings. The van der Waals surface area contributed by atoms with Gasteiger partial charge in [0.25, 0.3) is 0 Å². The van der Waals surface area contributed by atoms with Gasteiger partial charge in [-0.3, -0.25) is 0 Å². The number of benzene rings is 1. The van der Waals surface area contributed by atoms with Crippen LogP contribution in [-0.4, -0.2) is 5.48 Å². The number of nitrogens with two attached hydrogens (primary N) is 1. The van der Waals surface area contributed by atoms with Crippen LogP contribution in [0.1, 0.15) is 14.4 Å². The summed E-state index contributed by atoms with van der Waals surface area (Å²) >= 11 is 4.13. The van der Waals surface area contributed by atoms with E-state index in [-0.39, 0.29) is 14.3 Å². The molecule has 2 nitrogen and oxygen atoms in total. The summed E-state index contributed by atoms with van der Waals surface area (Å²) in [6.07, 6.45) is 0. The van der Waals surface area contributed by atoms with Gasteiger partial charge in [-0.2, -0.15) is 0 Å². The minimum absolute atomic E-state index is 0. The lowest BCUT2D eigenvalue weighted by Gasteiger charge is -1.94. The molecule has 66 valence electrons. The molecule has 0 aliphatic carbocycles. The normalized spacial score (nSPS) is 7.82. The highest BCUT2D eigenvalue weighted by molar-refractivity contribution is 7.80. The monoisotopic (exact) mass is 175 g/mol. The van der Waals surface area contributed by atoms with E-state index in [9.17, 15) is 0 Å². The topological polar surface area (TPSA) is 57.5 Å². The Kier molecular flexibility index (Phi) is 7.41. The van der Waals surface area contributed by atoms with Crippen LogP contribution in [0.5, 0.6) is 0 Å². The van der Waals surface area contributed by atoms with E-state index in [1.807, 2.05) is 24.3 Å². The van der Waals surface area contributed by atoms with Crippen LogP contribution in [0.4, 0.5) is 0 Å². The van der Waals surface area contributed by atoms with Gasteiger partial charge in [0.2, 0.25) is 0 Å². The highest BCUT2D eigenvalue weighted by Crippen LogP contribution is 2.06. The summed E-state index contributed by atoms with van der Waals surface area (Å²) in [4.78, 5) is 0.979. The molecule has 0 aliphatic heterocycles. The van der Waals surface area contributed by atoms with Gasteiger partial charge in [-0.15, -0.1) is 12.6 Å². The SMILES string of the molecule is C.NCc1ccc(S)cc1.O.[HH]. The molecule has 11 heavy (non-hydrogen) atoms. The summed E-state index contributed by atoms with van der Waals surface area (Å²) in [5.41, 5.74) is 6.52. The van der Waals surface area contributed by atoms with Crippen LogP contribution in [0.3, 0.4) is 0 Å². The summed E-state index contributed by atoms with van der Waals surface area (Å²) < 4.78 is 0. The van der Waals surface area contributed by atoms with E-state index < -0.39 is 0 Å². The quantitative estimate of drug-likeness (QED) is 0.624. The van der Waals surface area contributed by atoms with Crippen LogP contribution in [0.15, 0.2) is 29.2 Å². The first-order valence-electron chi connectivity index (χ1n) is 2.81. The maximum atomic E-state index is 5.37. The van der Waals surface area contributed by atoms with Crippen LogP contribution < -0.4 is 5.73 Å². The first-order chi connectivity index (χ1) is 4.33. The van der Waals surface area contributed by atoms with Crippen molar-refractivity contribution in [2.24, 2.45) is 5.73 Å². The Bertz CT molecular complexity index is 191. The molecule has 0 saturated heterocycles. The summed E-state index contributed by atoms with van der Waals surface area (Å²) in [5.74, 6) is 0. The van der Waals surface area contributed by atoms with E-state index in [0.29, 0.717) is 6.54 Å². The molecule has 4 N–H and O–H groups in total. The third kappa shape index (κ3) is 4.03. The fourth-order valence-corrected chi connectivity index (χ4v) is 0.781. The highest BCUT2D eigenvalue weighted by atomic mass is 32.1. The Hall–Kier alpha value is -0.510. The maximum Gasteiger partial charge on any atom is 0.0178 e. The predicted octanol–water partition coefficient (Wildman–Crippen LogP) is 1.49. The third-order valence-electron chi connectivity index (χ3n) is 1.17. The van der Waals surface area contributed by atoms with Crippen LogP contribution in [0.25, 0.3) is 0 Å². The Morgan fingerprint density at radius 2 is 1.73 bits per heavy atom. The summed E-state index contributed by atoms with van der Waals surface area (Å²) in [6, 6.07) is 7.82. The Labute approximate surface area is 74.6 Å². The smallest absolute Gasteiger partial charge is 0.0178 e. The van der Waals surface area contributed by atoms with E-state index in [4.69, 9.17) is 5.73 Å². The third-order valence-corrected chi connectivity index (χ3v) is 1.47. The molecule has 0 heterocycles. The average Bonchev–Trinajstić information content (AvgIpc) is 1.90. The van der Waals surface area contributed by atoms with Crippen LogP contribution in [0.2, 0.25) is 0 Å². The number of hydrogen-bond acceptors (Lipinski definition) is 2. The van der Waals surface area contributed by atoms with E-state index in [2.05, 4.69) is 12.6 Å². The minimum atomic E-state index is 0. The fourth-order valence-electron chi connectivity index (χ4n) is 0.632. The number of rotatable bonds is 1. The average molecular weight is 175 g/mol. The van der Waals surface area contributed by atoms with Crippen LogP contribution in [-0.2, 0) is 6.54 Å². The molecule has 0 aromatic heterocycles. The molecule has 0 saturated carbocycles. The van der Waals surface area contributed by atoms with Crippen molar-refractivity contribution in [3.05, 3.63) is 29.8 Å². The van der Waals surface area contributed by atoms with Gasteiger partial charge in [-0.05, 0) is 17.7 Å². The predicted molar refractivity (Wildman–Crippen MR) is 54.0 cm³/mol. The van der Waals surface area contributed by atoms with Crippen molar-refractivity contribution in [3.63, 3.8) is 0 Å². The van der Waals surface area contributed by atoms with Crippen molar-refractivity contribution in [2.45, 2.75) is 18.9 Å². The lowest BCUT2D eigenvalue weighted by Crippen LogP contribution is -1.94. The molecule has 0 spiro atoms. The van der Waals surface area contributed by atoms with Gasteiger partial charge < -0.3 is 11.2 Å². The Morgan fingerprint density at radius 3 is 2.09 bits per heavy atom. The van der Waals surface area contributed by atoms with Crippen molar-refractivity contribution < 1.29 is 6.90 Å². The Balaban J connectivity index is -0.000000270. The van der Waals surface area contributed by atoms with Gasteiger partial charge >= 0.3 is 0 Å². The number of thiol groups is 1. The fraction of sp³-hybridized carbons (Fsp3) is 0.250. The Morgan fingerprint density at radius 1 is 1.27 bits per heavy atom. The summed E-state index contributed by atoms with van der Waals surface area (Å²) in [6.45, 7) is 0.605. The van der Waals surface area contributed by atoms with E-state index in [1.54, 1.807) is 0 Å².